The number of nitrogens with zero attached hydrogens (tertiary/aromatic N) is 3. The van der Waals surface area contributed by atoms with Gasteiger partial charge in [0.05, 0.1) is 14.2 Å². The zero-order valence-corrected chi connectivity index (χ0v) is 17.3. The van der Waals surface area contributed by atoms with Crippen LogP contribution in [0.3, 0.4) is 0 Å². The van der Waals surface area contributed by atoms with Crippen LogP contribution in [0.5, 0.6) is 11.5 Å². The Morgan fingerprint density at radius 1 is 1.04 bits per heavy atom. The molecule has 0 aliphatic carbocycles. The molecule has 3 aromatic rings. The second-order valence-electron chi connectivity index (χ2n) is 6.78. The van der Waals surface area contributed by atoms with Crippen LogP contribution in [-0.2, 0) is 12.3 Å². The average Bonchev–Trinajstić information content (AvgIpc) is 3.08. The third-order valence-electron chi connectivity index (χ3n) is 4.21. The Kier molecular flexibility index (Phi) is 6.57. The van der Waals surface area contributed by atoms with Crippen LogP contribution in [0.2, 0.25) is 0 Å². The number of aromatic nitrogens is 3. The average molecular weight is 402 g/mol. The summed E-state index contributed by atoms with van der Waals surface area (Å²) in [6, 6.07) is 12.3. The van der Waals surface area contributed by atoms with E-state index in [1.54, 1.807) is 20.3 Å². The molecule has 0 bridgehead atoms. The molecule has 0 unspecified atom stereocenters. The molecule has 0 saturated heterocycles. The molecular weight excluding hydrogens is 377 g/mol. The van der Waals surface area contributed by atoms with Crippen LogP contribution in [0.25, 0.3) is 11.4 Å². The number of hydrogen-bond acceptors (Lipinski definition) is 5. The van der Waals surface area contributed by atoms with Crippen molar-refractivity contribution in [3.05, 3.63) is 53.8 Å². The number of methoxy groups -OCH3 is 2. The van der Waals surface area contributed by atoms with Crippen molar-refractivity contribution in [2.75, 3.05) is 14.2 Å². The first-order valence-electron chi connectivity index (χ1n) is 9.04. The molecule has 0 saturated carbocycles. The van der Waals surface area contributed by atoms with E-state index in [2.05, 4.69) is 28.6 Å². The van der Waals surface area contributed by atoms with Gasteiger partial charge in [0.15, 0.2) is 11.0 Å². The Labute approximate surface area is 168 Å². The van der Waals surface area contributed by atoms with E-state index in [0.29, 0.717) is 17.4 Å². The highest BCUT2D eigenvalue weighted by atomic mass is 32.2. The van der Waals surface area contributed by atoms with Crippen LogP contribution in [-0.4, -0.2) is 29.0 Å². The molecule has 7 heteroatoms. The number of rotatable bonds is 8. The van der Waals surface area contributed by atoms with Crippen LogP contribution in [0.4, 0.5) is 4.39 Å². The fourth-order valence-electron chi connectivity index (χ4n) is 2.88. The first kappa shape index (κ1) is 20.2. The first-order chi connectivity index (χ1) is 13.5. The quantitative estimate of drug-likeness (QED) is 0.495. The topological polar surface area (TPSA) is 49.2 Å². The molecule has 0 amide bonds. The number of benzene rings is 2. The van der Waals surface area contributed by atoms with Crippen molar-refractivity contribution in [3.8, 4) is 22.9 Å². The lowest BCUT2D eigenvalue weighted by Crippen LogP contribution is -2.08. The highest BCUT2D eigenvalue weighted by Gasteiger charge is 2.16. The number of hydrogen-bond donors (Lipinski definition) is 0. The van der Waals surface area contributed by atoms with Crippen LogP contribution in [0, 0.1) is 11.7 Å². The highest BCUT2D eigenvalue weighted by molar-refractivity contribution is 7.98. The van der Waals surface area contributed by atoms with Crippen molar-refractivity contribution in [1.29, 1.82) is 0 Å². The molecule has 0 spiro atoms. The molecule has 1 heterocycles. The summed E-state index contributed by atoms with van der Waals surface area (Å²) in [4.78, 5) is 0. The van der Waals surface area contributed by atoms with E-state index in [1.807, 2.05) is 24.3 Å². The van der Waals surface area contributed by atoms with E-state index in [4.69, 9.17) is 9.47 Å². The van der Waals surface area contributed by atoms with Crippen molar-refractivity contribution < 1.29 is 13.9 Å². The summed E-state index contributed by atoms with van der Waals surface area (Å²) in [6.45, 7) is 5.10. The zero-order chi connectivity index (χ0) is 20.1. The van der Waals surface area contributed by atoms with Gasteiger partial charge < -0.3 is 14.0 Å². The maximum Gasteiger partial charge on any atom is 0.191 e. The van der Waals surface area contributed by atoms with Crippen molar-refractivity contribution in [1.82, 2.24) is 14.8 Å². The zero-order valence-electron chi connectivity index (χ0n) is 16.5. The predicted molar refractivity (Wildman–Crippen MR) is 109 cm³/mol. The molecule has 0 fully saturated rings. The van der Waals surface area contributed by atoms with E-state index in [0.717, 1.165) is 34.4 Å². The standard InChI is InChI=1S/C21H24FN3O2S/c1-14(2)12-25-20(15-5-8-18(26-3)9-6-15)23-24-21(25)28-13-16-11-17(22)7-10-19(16)27-4/h5-11,14H,12-13H2,1-4H3. The molecule has 0 N–H and O–H groups in total. The Bertz CT molecular complexity index is 926. The molecule has 0 aliphatic heterocycles. The van der Waals surface area contributed by atoms with Gasteiger partial charge in [-0.25, -0.2) is 4.39 Å². The van der Waals surface area contributed by atoms with Gasteiger partial charge in [0.2, 0.25) is 0 Å². The number of halogens is 1. The Balaban J connectivity index is 1.88. The van der Waals surface area contributed by atoms with Crippen LogP contribution in [0.1, 0.15) is 19.4 Å². The lowest BCUT2D eigenvalue weighted by atomic mass is 10.2. The lowest BCUT2D eigenvalue weighted by Gasteiger charge is -2.13. The third kappa shape index (κ3) is 4.65. The molecule has 0 aliphatic rings. The minimum absolute atomic E-state index is 0.279. The van der Waals surface area contributed by atoms with Crippen molar-refractivity contribution in [2.45, 2.75) is 31.3 Å². The molecule has 3 rings (SSSR count). The number of thioether (sulfide) groups is 1. The van der Waals surface area contributed by atoms with Gasteiger partial charge in [0.25, 0.3) is 0 Å². The van der Waals surface area contributed by atoms with E-state index in [1.165, 1.54) is 23.9 Å². The summed E-state index contributed by atoms with van der Waals surface area (Å²) in [5, 5.41) is 9.60. The normalized spacial score (nSPS) is 11.1. The molecule has 148 valence electrons. The molecule has 2 aromatic carbocycles. The Hall–Kier alpha value is -2.54. The fourth-order valence-corrected chi connectivity index (χ4v) is 3.81. The van der Waals surface area contributed by atoms with E-state index < -0.39 is 0 Å². The molecular formula is C21H24FN3O2S. The summed E-state index contributed by atoms with van der Waals surface area (Å²) < 4.78 is 26.3. The van der Waals surface area contributed by atoms with Gasteiger partial charge in [-0.05, 0) is 48.4 Å². The van der Waals surface area contributed by atoms with Gasteiger partial charge in [-0.2, -0.15) is 0 Å². The monoisotopic (exact) mass is 401 g/mol. The summed E-state index contributed by atoms with van der Waals surface area (Å²) in [5.41, 5.74) is 1.77. The summed E-state index contributed by atoms with van der Waals surface area (Å²) in [5.74, 6) is 2.96. The summed E-state index contributed by atoms with van der Waals surface area (Å²) in [7, 11) is 3.23. The molecule has 0 radical (unpaired) electrons. The molecule has 28 heavy (non-hydrogen) atoms. The second kappa shape index (κ2) is 9.10. The lowest BCUT2D eigenvalue weighted by molar-refractivity contribution is 0.410. The van der Waals surface area contributed by atoms with Crippen LogP contribution in [0.15, 0.2) is 47.6 Å². The van der Waals surface area contributed by atoms with Crippen LogP contribution >= 0.6 is 11.8 Å². The predicted octanol–water partition coefficient (Wildman–Crippen LogP) is 5.05. The Morgan fingerprint density at radius 3 is 2.43 bits per heavy atom. The van der Waals surface area contributed by atoms with E-state index >= 15 is 0 Å². The molecule has 1 aromatic heterocycles. The third-order valence-corrected chi connectivity index (χ3v) is 5.23. The van der Waals surface area contributed by atoms with Gasteiger partial charge in [-0.1, -0.05) is 25.6 Å². The Morgan fingerprint density at radius 2 is 1.79 bits per heavy atom. The first-order valence-corrected chi connectivity index (χ1v) is 10.0. The van der Waals surface area contributed by atoms with Crippen molar-refractivity contribution >= 4 is 11.8 Å². The van der Waals surface area contributed by atoms with Gasteiger partial charge >= 0.3 is 0 Å². The van der Waals surface area contributed by atoms with E-state index in [9.17, 15) is 4.39 Å². The minimum Gasteiger partial charge on any atom is -0.497 e. The van der Waals surface area contributed by atoms with Gasteiger partial charge in [0.1, 0.15) is 17.3 Å². The van der Waals surface area contributed by atoms with Crippen molar-refractivity contribution in [3.63, 3.8) is 0 Å². The summed E-state index contributed by atoms with van der Waals surface area (Å²) >= 11 is 1.52. The largest absolute Gasteiger partial charge is 0.497 e. The molecule has 5 nitrogen and oxygen atoms in total. The van der Waals surface area contributed by atoms with Crippen molar-refractivity contribution in [2.24, 2.45) is 5.92 Å². The van der Waals surface area contributed by atoms with E-state index in [-0.39, 0.29) is 5.82 Å². The minimum atomic E-state index is -0.279. The number of ether oxygens (including phenoxy) is 2. The maximum absolute atomic E-state index is 13.6. The maximum atomic E-state index is 13.6. The smallest absolute Gasteiger partial charge is 0.191 e. The highest BCUT2D eigenvalue weighted by Crippen LogP contribution is 2.31. The van der Waals surface area contributed by atoms with Gasteiger partial charge in [-0.3, -0.25) is 0 Å². The van der Waals surface area contributed by atoms with Gasteiger partial charge in [0, 0.05) is 23.4 Å². The van der Waals surface area contributed by atoms with Crippen LogP contribution < -0.4 is 9.47 Å². The fraction of sp³-hybridized carbons (Fsp3) is 0.333. The molecule has 0 atom stereocenters. The van der Waals surface area contributed by atoms with Gasteiger partial charge in [-0.15, -0.1) is 10.2 Å². The summed E-state index contributed by atoms with van der Waals surface area (Å²) in [6.07, 6.45) is 0. The second-order valence-corrected chi connectivity index (χ2v) is 7.73. The SMILES string of the molecule is COc1ccc(-c2nnc(SCc3cc(F)ccc3OC)n2CC(C)C)cc1.